The molecular weight excluding hydrogens is 736 g/mol. The van der Waals surface area contributed by atoms with Crippen molar-refractivity contribution in [3.8, 4) is 11.5 Å². The van der Waals surface area contributed by atoms with E-state index in [2.05, 4.69) is 0 Å². The van der Waals surface area contributed by atoms with Crippen LogP contribution in [0.1, 0.15) is 34.1 Å². The summed E-state index contributed by atoms with van der Waals surface area (Å²) in [5.74, 6) is -5.07. The zero-order chi connectivity index (χ0) is 39.7. The molecule has 4 aliphatic rings. The number of carboxylic acid groups (broad SMARTS) is 1. The number of aliphatic carboxylic acids is 1. The van der Waals surface area contributed by atoms with E-state index in [1.165, 1.54) is 48.5 Å². The van der Waals surface area contributed by atoms with Crippen LogP contribution < -0.4 is 9.47 Å². The van der Waals surface area contributed by atoms with Crippen LogP contribution in [0.25, 0.3) is 0 Å². The molecule has 55 heavy (non-hydrogen) atoms. The van der Waals surface area contributed by atoms with E-state index >= 15 is 0 Å². The molecule has 2 aromatic rings. The van der Waals surface area contributed by atoms with Gasteiger partial charge in [0.05, 0.1) is 36.2 Å². The van der Waals surface area contributed by atoms with Crippen molar-refractivity contribution in [1.82, 2.24) is 0 Å². The minimum absolute atomic E-state index is 0.00792. The summed E-state index contributed by atoms with van der Waals surface area (Å²) in [6, 6.07) is 11.1. The predicted molar refractivity (Wildman–Crippen MR) is 178 cm³/mol. The van der Waals surface area contributed by atoms with Crippen molar-refractivity contribution in [2.24, 2.45) is 17.8 Å². The standard InChI is InChI=1S/C36H42O19/c1-14-21(10-19-20(31(45)46)13-49-34(24(14)19)55-36-30(44)28(42)26(40)23(12-38)54-36)52-33(48)16-5-2-6-17(8-16)50-32(47)15-4-3-7-18(9-15)51-35-29(43)27(41)25(39)22(11-37)53-35/h2-9,13-14,19,21-30,34-44H,10-12H2,1H3,(H,45,46)/t14-,19+,21+,22+,23+,24+,25+,26+,27-,28-,29+,30+,34-,35+,36-/m0/s1. The minimum atomic E-state index is -1.75. The maximum Gasteiger partial charge on any atom is 0.343 e. The first-order chi connectivity index (χ1) is 26.2. The number of hydrogen-bond donors (Lipinski definition) is 9. The van der Waals surface area contributed by atoms with Gasteiger partial charge in [-0.3, -0.25) is 0 Å². The summed E-state index contributed by atoms with van der Waals surface area (Å²) in [4.78, 5) is 38.6. The smallest absolute Gasteiger partial charge is 0.343 e. The number of hydrogen-bond acceptors (Lipinski definition) is 18. The van der Waals surface area contributed by atoms with Crippen molar-refractivity contribution < 1.29 is 93.5 Å². The van der Waals surface area contributed by atoms with Crippen molar-refractivity contribution >= 4 is 17.9 Å². The second kappa shape index (κ2) is 16.9. The second-order valence-corrected chi connectivity index (χ2v) is 13.7. The Kier molecular flexibility index (Phi) is 12.4. The molecule has 15 atom stereocenters. The zero-order valence-electron chi connectivity index (χ0n) is 29.1. The van der Waals surface area contributed by atoms with Crippen LogP contribution in [0.2, 0.25) is 0 Å². The van der Waals surface area contributed by atoms with Gasteiger partial charge >= 0.3 is 17.9 Å². The van der Waals surface area contributed by atoms with Gasteiger partial charge in [0.2, 0.25) is 12.6 Å². The lowest BCUT2D eigenvalue weighted by molar-refractivity contribution is -0.342. The van der Waals surface area contributed by atoms with E-state index in [9.17, 15) is 60.3 Å². The van der Waals surface area contributed by atoms with E-state index in [0.29, 0.717) is 0 Å². The minimum Gasteiger partial charge on any atom is -0.478 e. The molecule has 1 saturated carbocycles. The SMILES string of the molecule is C[C@@H]1[C@H]2[C@H](O[C@@H]3O[C@H](CO)[C@@H](O)[C@H](O)[C@H]3O)OC=C(C(=O)O)[C@H]2C[C@H]1OC(=O)c1cccc(OC(=O)c2cccc(O[C@@H]3O[C@H](CO)[C@@H](O)[C@H](O)[C@H]3O)c2)c1. The van der Waals surface area contributed by atoms with E-state index in [4.69, 9.17) is 33.2 Å². The van der Waals surface area contributed by atoms with Crippen LogP contribution in [0.5, 0.6) is 11.5 Å². The Hall–Kier alpha value is -4.25. The number of aliphatic hydroxyl groups excluding tert-OH is 8. The van der Waals surface area contributed by atoms with Crippen molar-refractivity contribution in [3.63, 3.8) is 0 Å². The highest BCUT2D eigenvalue weighted by Gasteiger charge is 2.54. The molecule has 3 fully saturated rings. The van der Waals surface area contributed by atoms with E-state index < -0.39 is 123 Å². The largest absolute Gasteiger partial charge is 0.478 e. The summed E-state index contributed by atoms with van der Waals surface area (Å²) in [5, 5.41) is 90.0. The number of carbonyl (C=O) groups excluding carboxylic acids is 2. The van der Waals surface area contributed by atoms with Gasteiger partial charge in [-0.1, -0.05) is 19.1 Å². The highest BCUT2D eigenvalue weighted by Crippen LogP contribution is 2.48. The summed E-state index contributed by atoms with van der Waals surface area (Å²) >= 11 is 0. The Morgan fingerprint density at radius 3 is 1.91 bits per heavy atom. The number of esters is 2. The molecule has 0 amide bonds. The molecule has 9 N–H and O–H groups in total. The first kappa shape index (κ1) is 40.4. The molecule has 0 spiro atoms. The molecule has 300 valence electrons. The van der Waals surface area contributed by atoms with Gasteiger partial charge in [0.1, 0.15) is 66.4 Å². The molecule has 3 heterocycles. The normalized spacial score (nSPS) is 37.2. The third-order valence-electron chi connectivity index (χ3n) is 10.3. The molecule has 1 aliphatic carbocycles. The van der Waals surface area contributed by atoms with E-state index in [-0.39, 0.29) is 34.6 Å². The van der Waals surface area contributed by atoms with Crippen molar-refractivity contribution in [1.29, 1.82) is 0 Å². The maximum atomic E-state index is 13.4. The molecule has 2 aromatic carbocycles. The highest BCUT2D eigenvalue weighted by atomic mass is 16.8. The number of rotatable bonds is 11. The first-order valence-corrected chi connectivity index (χ1v) is 17.4. The second-order valence-electron chi connectivity index (χ2n) is 13.7. The zero-order valence-corrected chi connectivity index (χ0v) is 29.1. The maximum absolute atomic E-state index is 13.4. The van der Waals surface area contributed by atoms with Crippen LogP contribution in [0.3, 0.4) is 0 Å². The Morgan fingerprint density at radius 1 is 0.727 bits per heavy atom. The summed E-state index contributed by atoms with van der Waals surface area (Å²) in [5.41, 5.74) is -0.130. The van der Waals surface area contributed by atoms with Crippen LogP contribution in [-0.2, 0) is 28.5 Å². The Labute approximate surface area is 312 Å². The average Bonchev–Trinajstić information content (AvgIpc) is 3.50. The van der Waals surface area contributed by atoms with Crippen LogP contribution in [-0.4, -0.2) is 151 Å². The van der Waals surface area contributed by atoms with Gasteiger partial charge in [0.25, 0.3) is 0 Å². The Balaban J connectivity index is 1.11. The lowest BCUT2D eigenvalue weighted by atomic mass is 9.83. The van der Waals surface area contributed by atoms with E-state index in [1.54, 1.807) is 6.92 Å². The number of fused-ring (bicyclic) bond motifs is 1. The van der Waals surface area contributed by atoms with Gasteiger partial charge in [-0.25, -0.2) is 14.4 Å². The Morgan fingerprint density at radius 2 is 1.29 bits per heavy atom. The van der Waals surface area contributed by atoms with E-state index in [0.717, 1.165) is 6.26 Å². The molecule has 6 rings (SSSR count). The van der Waals surface area contributed by atoms with E-state index in [1.807, 2.05) is 0 Å². The Bertz CT molecular complexity index is 1730. The summed E-state index contributed by atoms with van der Waals surface area (Å²) in [6.07, 6.45) is -16.7. The monoisotopic (exact) mass is 778 g/mol. The van der Waals surface area contributed by atoms with Gasteiger partial charge in [0, 0.05) is 17.8 Å². The molecule has 0 radical (unpaired) electrons. The third kappa shape index (κ3) is 8.32. The molecule has 0 aromatic heterocycles. The lowest BCUT2D eigenvalue weighted by Gasteiger charge is -2.43. The van der Waals surface area contributed by atoms with Gasteiger partial charge in [-0.2, -0.15) is 0 Å². The first-order valence-electron chi connectivity index (χ1n) is 17.4. The average molecular weight is 779 g/mol. The molecule has 19 nitrogen and oxygen atoms in total. The van der Waals surface area contributed by atoms with Gasteiger partial charge in [-0.15, -0.1) is 0 Å². The van der Waals surface area contributed by atoms with Crippen LogP contribution >= 0.6 is 0 Å². The van der Waals surface area contributed by atoms with Crippen LogP contribution in [0, 0.1) is 17.8 Å². The van der Waals surface area contributed by atoms with Crippen molar-refractivity contribution in [2.45, 2.75) is 87.2 Å². The number of carbonyl (C=O) groups is 3. The number of benzene rings is 2. The molecular formula is C36H42O19. The molecule has 2 saturated heterocycles. The number of ether oxygens (including phenoxy) is 7. The van der Waals surface area contributed by atoms with Gasteiger partial charge < -0.3 is 79.1 Å². The predicted octanol–water partition coefficient (Wildman–Crippen LogP) is -1.98. The van der Waals surface area contributed by atoms with Gasteiger partial charge in [0.15, 0.2) is 6.29 Å². The highest BCUT2D eigenvalue weighted by molar-refractivity contribution is 5.93. The fourth-order valence-electron chi connectivity index (χ4n) is 7.18. The lowest BCUT2D eigenvalue weighted by Crippen LogP contribution is -2.60. The van der Waals surface area contributed by atoms with Crippen LogP contribution in [0.15, 0.2) is 60.4 Å². The molecule has 0 unspecified atom stereocenters. The van der Waals surface area contributed by atoms with Crippen molar-refractivity contribution in [2.75, 3.05) is 13.2 Å². The third-order valence-corrected chi connectivity index (χ3v) is 10.3. The molecule has 19 heteroatoms. The van der Waals surface area contributed by atoms with Gasteiger partial charge in [-0.05, 0) is 42.8 Å². The molecule has 3 aliphatic heterocycles. The topological polar surface area (TPSA) is 298 Å². The quantitative estimate of drug-likeness (QED) is 0.0882. The number of aliphatic hydroxyl groups is 8. The molecule has 0 bridgehead atoms. The summed E-state index contributed by atoms with van der Waals surface area (Å²) in [6.45, 7) is 0.331. The summed E-state index contributed by atoms with van der Waals surface area (Å²) < 4.78 is 39.1. The fraction of sp³-hybridized carbons (Fsp3) is 0.528. The summed E-state index contributed by atoms with van der Waals surface area (Å²) in [7, 11) is 0. The van der Waals surface area contributed by atoms with Crippen LogP contribution in [0.4, 0.5) is 0 Å². The fourth-order valence-corrected chi connectivity index (χ4v) is 7.18. The van der Waals surface area contributed by atoms with Crippen molar-refractivity contribution in [3.05, 3.63) is 71.5 Å². The number of carboxylic acids is 1.